The Kier molecular flexibility index (Phi) is 4.60. The second kappa shape index (κ2) is 7.35. The Bertz CT molecular complexity index is 893. The first-order chi connectivity index (χ1) is 12.8. The number of nitrogens with one attached hydrogen (secondary N) is 1. The number of benzene rings is 2. The molecule has 0 bridgehead atoms. The fourth-order valence-corrected chi connectivity index (χ4v) is 3.22. The molecule has 1 aromatic heterocycles. The first kappa shape index (κ1) is 16.3. The maximum atomic E-state index is 12.1. The number of hydrogen-bond donors (Lipinski definition) is 1. The smallest absolute Gasteiger partial charge is 0.229 e. The minimum absolute atomic E-state index is 0.0925. The lowest BCUT2D eigenvalue weighted by molar-refractivity contribution is -0.115. The zero-order valence-electron chi connectivity index (χ0n) is 14.4. The van der Waals surface area contributed by atoms with Crippen molar-refractivity contribution in [1.82, 2.24) is 10.2 Å². The molecule has 0 saturated heterocycles. The summed E-state index contributed by atoms with van der Waals surface area (Å²) in [7, 11) is 0. The molecule has 5 heteroatoms. The average molecular weight is 344 g/mol. The highest BCUT2D eigenvalue weighted by molar-refractivity contribution is 5.91. The molecule has 2 aromatic carbocycles. The molecule has 0 atom stereocenters. The number of fused-ring (bicyclic) bond motifs is 1. The SMILES string of the molecule is O=C(Cc1ccccc1)Nc1ccc(N2CCc3ccccc3C2)nn1. The molecule has 3 aromatic rings. The monoisotopic (exact) mass is 344 g/mol. The molecule has 2 heterocycles. The van der Waals surface area contributed by atoms with E-state index in [1.165, 1.54) is 11.1 Å². The van der Waals surface area contributed by atoms with Gasteiger partial charge in [-0.3, -0.25) is 4.79 Å². The Morgan fingerprint density at radius 3 is 2.46 bits per heavy atom. The molecule has 1 aliphatic rings. The second-order valence-electron chi connectivity index (χ2n) is 6.43. The van der Waals surface area contributed by atoms with Gasteiger partial charge in [0.15, 0.2) is 11.6 Å². The van der Waals surface area contributed by atoms with E-state index in [4.69, 9.17) is 0 Å². The lowest BCUT2D eigenvalue weighted by Gasteiger charge is -2.29. The van der Waals surface area contributed by atoms with E-state index in [9.17, 15) is 4.79 Å². The fraction of sp³-hybridized carbons (Fsp3) is 0.190. The van der Waals surface area contributed by atoms with E-state index in [0.29, 0.717) is 12.2 Å². The molecule has 26 heavy (non-hydrogen) atoms. The third-order valence-corrected chi connectivity index (χ3v) is 4.58. The van der Waals surface area contributed by atoms with Crippen molar-refractivity contribution in [3.8, 4) is 0 Å². The number of anilines is 2. The normalized spacial score (nSPS) is 13.2. The largest absolute Gasteiger partial charge is 0.350 e. The summed E-state index contributed by atoms with van der Waals surface area (Å²) in [5.74, 6) is 1.22. The van der Waals surface area contributed by atoms with Crippen LogP contribution in [0.5, 0.6) is 0 Å². The minimum Gasteiger partial charge on any atom is -0.350 e. The maximum Gasteiger partial charge on any atom is 0.229 e. The fourth-order valence-electron chi connectivity index (χ4n) is 3.22. The van der Waals surface area contributed by atoms with Gasteiger partial charge >= 0.3 is 0 Å². The summed E-state index contributed by atoms with van der Waals surface area (Å²) >= 11 is 0. The molecule has 1 N–H and O–H groups in total. The Hall–Kier alpha value is -3.21. The van der Waals surface area contributed by atoms with Gasteiger partial charge in [0.2, 0.25) is 5.91 Å². The van der Waals surface area contributed by atoms with E-state index in [1.807, 2.05) is 42.5 Å². The van der Waals surface area contributed by atoms with Crippen LogP contribution in [0, 0.1) is 0 Å². The number of amides is 1. The number of aromatic nitrogens is 2. The van der Waals surface area contributed by atoms with Crippen molar-refractivity contribution in [3.63, 3.8) is 0 Å². The number of carbonyl (C=O) groups excluding carboxylic acids is 1. The summed E-state index contributed by atoms with van der Waals surface area (Å²) in [5, 5.41) is 11.3. The van der Waals surface area contributed by atoms with Crippen molar-refractivity contribution in [1.29, 1.82) is 0 Å². The van der Waals surface area contributed by atoms with Gasteiger partial charge in [0.05, 0.1) is 6.42 Å². The van der Waals surface area contributed by atoms with Crippen LogP contribution in [-0.4, -0.2) is 22.6 Å². The van der Waals surface area contributed by atoms with Gasteiger partial charge in [-0.05, 0) is 35.2 Å². The van der Waals surface area contributed by atoms with Crippen LogP contribution >= 0.6 is 0 Å². The van der Waals surface area contributed by atoms with Crippen molar-refractivity contribution in [3.05, 3.63) is 83.4 Å². The Morgan fingerprint density at radius 1 is 0.923 bits per heavy atom. The summed E-state index contributed by atoms with van der Waals surface area (Å²) in [4.78, 5) is 14.3. The van der Waals surface area contributed by atoms with Gasteiger partial charge < -0.3 is 10.2 Å². The van der Waals surface area contributed by atoms with Gasteiger partial charge in [-0.25, -0.2) is 0 Å². The van der Waals surface area contributed by atoms with Crippen LogP contribution in [0.15, 0.2) is 66.7 Å². The topological polar surface area (TPSA) is 58.1 Å². The first-order valence-corrected chi connectivity index (χ1v) is 8.77. The molecule has 4 rings (SSSR count). The molecule has 0 saturated carbocycles. The Morgan fingerprint density at radius 2 is 1.69 bits per heavy atom. The highest BCUT2D eigenvalue weighted by Gasteiger charge is 2.17. The lowest BCUT2D eigenvalue weighted by atomic mass is 10.00. The van der Waals surface area contributed by atoms with Crippen molar-refractivity contribution in [2.45, 2.75) is 19.4 Å². The summed E-state index contributed by atoms with van der Waals surface area (Å²) in [5.41, 5.74) is 3.71. The van der Waals surface area contributed by atoms with Gasteiger partial charge in [0.25, 0.3) is 0 Å². The maximum absolute atomic E-state index is 12.1. The van der Waals surface area contributed by atoms with Gasteiger partial charge in [-0.1, -0.05) is 54.6 Å². The van der Waals surface area contributed by atoms with E-state index in [0.717, 1.165) is 30.9 Å². The lowest BCUT2D eigenvalue weighted by Crippen LogP contribution is -2.31. The summed E-state index contributed by atoms with van der Waals surface area (Å²) in [6.07, 6.45) is 1.33. The number of hydrogen-bond acceptors (Lipinski definition) is 4. The Balaban J connectivity index is 1.39. The molecular weight excluding hydrogens is 324 g/mol. The molecule has 0 unspecified atom stereocenters. The predicted molar refractivity (Wildman–Crippen MR) is 102 cm³/mol. The average Bonchev–Trinajstić information content (AvgIpc) is 2.69. The number of rotatable bonds is 4. The molecule has 0 spiro atoms. The predicted octanol–water partition coefficient (Wildman–Crippen LogP) is 3.22. The van der Waals surface area contributed by atoms with Gasteiger partial charge in [-0.15, -0.1) is 10.2 Å². The van der Waals surface area contributed by atoms with Crippen molar-refractivity contribution >= 4 is 17.5 Å². The van der Waals surface area contributed by atoms with Gasteiger partial charge in [0.1, 0.15) is 0 Å². The summed E-state index contributed by atoms with van der Waals surface area (Å²) in [6, 6.07) is 21.9. The molecule has 0 aliphatic carbocycles. The van der Waals surface area contributed by atoms with Crippen LogP contribution in [0.4, 0.5) is 11.6 Å². The summed E-state index contributed by atoms with van der Waals surface area (Å²) in [6.45, 7) is 1.76. The first-order valence-electron chi connectivity index (χ1n) is 8.77. The van der Waals surface area contributed by atoms with Gasteiger partial charge in [-0.2, -0.15) is 0 Å². The second-order valence-corrected chi connectivity index (χ2v) is 6.43. The van der Waals surface area contributed by atoms with E-state index in [2.05, 4.69) is 44.7 Å². The quantitative estimate of drug-likeness (QED) is 0.789. The molecule has 0 radical (unpaired) electrons. The number of nitrogens with zero attached hydrogens (tertiary/aromatic N) is 3. The highest BCUT2D eigenvalue weighted by atomic mass is 16.1. The van der Waals surface area contributed by atoms with E-state index in [-0.39, 0.29) is 5.91 Å². The van der Waals surface area contributed by atoms with Crippen LogP contribution in [0.25, 0.3) is 0 Å². The minimum atomic E-state index is -0.0925. The molecule has 130 valence electrons. The number of carbonyl (C=O) groups is 1. The van der Waals surface area contributed by atoms with E-state index >= 15 is 0 Å². The zero-order chi connectivity index (χ0) is 17.8. The van der Waals surface area contributed by atoms with Crippen molar-refractivity contribution in [2.24, 2.45) is 0 Å². The molecule has 1 amide bonds. The Labute approximate surface area is 152 Å². The highest BCUT2D eigenvalue weighted by Crippen LogP contribution is 2.22. The third-order valence-electron chi connectivity index (χ3n) is 4.58. The van der Waals surface area contributed by atoms with Crippen molar-refractivity contribution < 1.29 is 4.79 Å². The van der Waals surface area contributed by atoms with E-state index < -0.39 is 0 Å². The molecule has 1 aliphatic heterocycles. The molecular formula is C21H20N4O. The van der Waals surface area contributed by atoms with Crippen LogP contribution in [0.2, 0.25) is 0 Å². The summed E-state index contributed by atoms with van der Waals surface area (Å²) < 4.78 is 0. The van der Waals surface area contributed by atoms with Crippen LogP contribution < -0.4 is 10.2 Å². The standard InChI is InChI=1S/C21H20N4O/c26-21(14-16-6-2-1-3-7-16)22-19-10-11-20(24-23-19)25-13-12-17-8-4-5-9-18(17)15-25/h1-11H,12-15H2,(H,22,23,26). The molecule has 5 nitrogen and oxygen atoms in total. The van der Waals surface area contributed by atoms with Crippen molar-refractivity contribution in [2.75, 3.05) is 16.8 Å². The van der Waals surface area contributed by atoms with Crippen LogP contribution in [0.1, 0.15) is 16.7 Å². The van der Waals surface area contributed by atoms with Gasteiger partial charge in [0, 0.05) is 13.1 Å². The third kappa shape index (κ3) is 3.72. The zero-order valence-corrected chi connectivity index (χ0v) is 14.4. The van der Waals surface area contributed by atoms with E-state index in [1.54, 1.807) is 0 Å². The van der Waals surface area contributed by atoms with Crippen LogP contribution in [0.3, 0.4) is 0 Å². The van der Waals surface area contributed by atoms with Crippen LogP contribution in [-0.2, 0) is 24.2 Å². The molecule has 0 fully saturated rings.